The van der Waals surface area contributed by atoms with Crippen molar-refractivity contribution < 1.29 is 8.42 Å². The van der Waals surface area contributed by atoms with Gasteiger partial charge in [0.1, 0.15) is 0 Å². The highest BCUT2D eigenvalue weighted by atomic mass is 35.5. The smallest absolute Gasteiger partial charge is 0.207 e. The summed E-state index contributed by atoms with van der Waals surface area (Å²) in [5.74, 6) is 0. The third-order valence-corrected chi connectivity index (χ3v) is 5.83. The fourth-order valence-electron chi connectivity index (χ4n) is 2.30. The van der Waals surface area contributed by atoms with Crippen LogP contribution in [0.1, 0.15) is 38.8 Å². The van der Waals surface area contributed by atoms with Crippen molar-refractivity contribution in [2.24, 2.45) is 0 Å². The number of hydrogen-bond donors (Lipinski definition) is 0. The molecule has 0 aliphatic carbocycles. The average molecular weight is 304 g/mol. The van der Waals surface area contributed by atoms with Gasteiger partial charge < -0.3 is 0 Å². The Balaban J connectivity index is 3.46. The lowest BCUT2D eigenvalue weighted by Crippen LogP contribution is -2.42. The molecule has 0 atom stereocenters. The van der Waals surface area contributed by atoms with Crippen LogP contribution < -0.4 is 0 Å². The van der Waals surface area contributed by atoms with E-state index in [9.17, 15) is 8.42 Å². The van der Waals surface area contributed by atoms with Gasteiger partial charge in [-0.25, -0.2) is 8.42 Å². The molecular weight excluding hydrogens is 282 g/mol. The van der Waals surface area contributed by atoms with E-state index in [4.69, 9.17) is 11.6 Å². The van der Waals surface area contributed by atoms with E-state index >= 15 is 0 Å². The van der Waals surface area contributed by atoms with Gasteiger partial charge in [0.25, 0.3) is 0 Å². The number of hydrogen-bond acceptors (Lipinski definition) is 2. The first-order chi connectivity index (χ1) is 8.59. The molecule has 5 heteroatoms. The normalized spacial score (nSPS) is 12.7. The molecule has 0 spiro atoms. The minimum absolute atomic E-state index is 0.0830. The molecule has 0 heterocycles. The third kappa shape index (κ3) is 3.30. The molecule has 0 bridgehead atoms. The van der Waals surface area contributed by atoms with Crippen molar-refractivity contribution in [3.8, 4) is 0 Å². The predicted molar refractivity (Wildman–Crippen MR) is 80.2 cm³/mol. The molecule has 0 aliphatic heterocycles. The summed E-state index contributed by atoms with van der Waals surface area (Å²) in [5, 5.41) is 0.595. The summed E-state index contributed by atoms with van der Waals surface area (Å²) in [4.78, 5) is 0.344. The molecule has 0 saturated carbocycles. The lowest BCUT2D eigenvalue weighted by atomic mass is 10.2. The molecule has 0 N–H and O–H groups in total. The summed E-state index contributed by atoms with van der Waals surface area (Å²) in [6.45, 7) is 11.1. The van der Waals surface area contributed by atoms with E-state index in [1.54, 1.807) is 19.1 Å². The van der Waals surface area contributed by atoms with E-state index in [2.05, 4.69) is 0 Å². The number of benzene rings is 1. The Bertz CT molecular complexity index is 557. The number of sulfonamides is 1. The monoisotopic (exact) mass is 303 g/mol. The van der Waals surface area contributed by atoms with Crippen molar-refractivity contribution in [2.75, 3.05) is 0 Å². The molecule has 3 nitrogen and oxygen atoms in total. The molecule has 0 fully saturated rings. The predicted octanol–water partition coefficient (Wildman–Crippen LogP) is 3.76. The summed E-state index contributed by atoms with van der Waals surface area (Å²) in [6, 6.07) is 3.20. The second-order valence-corrected chi connectivity index (χ2v) is 7.61. The topological polar surface area (TPSA) is 37.4 Å². The fraction of sp³-hybridized carbons (Fsp3) is 0.571. The molecule has 0 saturated heterocycles. The van der Waals surface area contributed by atoms with Crippen molar-refractivity contribution in [1.82, 2.24) is 4.31 Å². The number of aryl methyl sites for hydroxylation is 2. The summed E-state index contributed by atoms with van der Waals surface area (Å²) in [6.07, 6.45) is 0. The maximum absolute atomic E-state index is 12.8. The Labute approximate surface area is 121 Å². The Kier molecular flexibility index (Phi) is 5.04. The molecule has 1 aromatic rings. The van der Waals surface area contributed by atoms with Crippen molar-refractivity contribution in [3.05, 3.63) is 28.3 Å². The van der Waals surface area contributed by atoms with E-state index in [1.807, 2.05) is 34.6 Å². The fourth-order valence-corrected chi connectivity index (χ4v) is 4.64. The largest absolute Gasteiger partial charge is 0.243 e. The van der Waals surface area contributed by atoms with E-state index in [1.165, 1.54) is 4.31 Å². The van der Waals surface area contributed by atoms with Crippen LogP contribution >= 0.6 is 11.6 Å². The highest BCUT2D eigenvalue weighted by Gasteiger charge is 2.30. The van der Waals surface area contributed by atoms with Gasteiger partial charge in [0, 0.05) is 17.1 Å². The van der Waals surface area contributed by atoms with Gasteiger partial charge in [-0.3, -0.25) is 0 Å². The third-order valence-electron chi connectivity index (χ3n) is 3.03. The Morgan fingerprint density at radius 3 is 1.89 bits per heavy atom. The van der Waals surface area contributed by atoms with Gasteiger partial charge in [-0.2, -0.15) is 4.31 Å². The van der Waals surface area contributed by atoms with Crippen LogP contribution in [0.3, 0.4) is 0 Å². The molecule has 0 amide bonds. The van der Waals surface area contributed by atoms with Crippen LogP contribution in [0.2, 0.25) is 5.02 Å². The summed E-state index contributed by atoms with van der Waals surface area (Å²) in [5.41, 5.74) is 1.46. The van der Waals surface area contributed by atoms with Crippen LogP contribution in [0.25, 0.3) is 0 Å². The highest BCUT2D eigenvalue weighted by molar-refractivity contribution is 7.89. The van der Waals surface area contributed by atoms with Crippen LogP contribution in [-0.4, -0.2) is 24.8 Å². The van der Waals surface area contributed by atoms with Gasteiger partial charge in [-0.1, -0.05) is 11.6 Å². The van der Waals surface area contributed by atoms with Gasteiger partial charge in [0.2, 0.25) is 10.0 Å². The number of halogens is 1. The quantitative estimate of drug-likeness (QED) is 0.849. The first kappa shape index (κ1) is 16.5. The highest BCUT2D eigenvalue weighted by Crippen LogP contribution is 2.28. The molecular formula is C14H22ClNO2S. The van der Waals surface area contributed by atoms with Gasteiger partial charge in [0.05, 0.1) is 4.90 Å². The van der Waals surface area contributed by atoms with Crippen molar-refractivity contribution >= 4 is 21.6 Å². The van der Waals surface area contributed by atoms with E-state index in [0.29, 0.717) is 15.5 Å². The van der Waals surface area contributed by atoms with E-state index in [-0.39, 0.29) is 12.1 Å². The Hall–Kier alpha value is -0.580. The van der Waals surface area contributed by atoms with Crippen LogP contribution in [0.15, 0.2) is 17.0 Å². The van der Waals surface area contributed by atoms with Gasteiger partial charge in [-0.15, -0.1) is 0 Å². The molecule has 0 radical (unpaired) electrons. The molecule has 0 aromatic heterocycles. The summed E-state index contributed by atoms with van der Waals surface area (Å²) < 4.78 is 27.1. The Morgan fingerprint density at radius 1 is 1.00 bits per heavy atom. The van der Waals surface area contributed by atoms with Crippen LogP contribution in [0.4, 0.5) is 0 Å². The minimum atomic E-state index is -3.49. The standard InChI is InChI=1S/C14H22ClNO2S/c1-9(2)16(10(3)4)19(17,18)14-8-11(5)13(15)7-12(14)6/h7-10H,1-6H3. The molecule has 19 heavy (non-hydrogen) atoms. The number of rotatable bonds is 4. The van der Waals surface area contributed by atoms with Gasteiger partial charge >= 0.3 is 0 Å². The summed E-state index contributed by atoms with van der Waals surface area (Å²) in [7, 11) is -3.49. The zero-order chi connectivity index (χ0) is 15.0. The molecule has 0 aliphatic rings. The zero-order valence-electron chi connectivity index (χ0n) is 12.4. The van der Waals surface area contributed by atoms with Gasteiger partial charge in [0.15, 0.2) is 0 Å². The van der Waals surface area contributed by atoms with Crippen LogP contribution in [0, 0.1) is 13.8 Å². The second-order valence-electron chi connectivity index (χ2n) is 5.39. The second kappa shape index (κ2) is 5.81. The van der Waals surface area contributed by atoms with Crippen molar-refractivity contribution in [3.63, 3.8) is 0 Å². The van der Waals surface area contributed by atoms with Gasteiger partial charge in [-0.05, 0) is 64.8 Å². The maximum Gasteiger partial charge on any atom is 0.243 e. The molecule has 0 unspecified atom stereocenters. The first-order valence-electron chi connectivity index (χ1n) is 6.39. The van der Waals surface area contributed by atoms with E-state index < -0.39 is 10.0 Å². The van der Waals surface area contributed by atoms with Crippen LogP contribution in [0.5, 0.6) is 0 Å². The Morgan fingerprint density at radius 2 is 1.47 bits per heavy atom. The minimum Gasteiger partial charge on any atom is -0.207 e. The lowest BCUT2D eigenvalue weighted by Gasteiger charge is -2.30. The molecule has 108 valence electrons. The van der Waals surface area contributed by atoms with Crippen LogP contribution in [-0.2, 0) is 10.0 Å². The van der Waals surface area contributed by atoms with Crippen molar-refractivity contribution in [2.45, 2.75) is 58.5 Å². The average Bonchev–Trinajstić information content (AvgIpc) is 2.21. The van der Waals surface area contributed by atoms with Crippen molar-refractivity contribution in [1.29, 1.82) is 0 Å². The summed E-state index contributed by atoms with van der Waals surface area (Å²) >= 11 is 6.03. The lowest BCUT2D eigenvalue weighted by molar-refractivity contribution is 0.302. The van der Waals surface area contributed by atoms with E-state index in [0.717, 1.165) is 5.56 Å². The number of nitrogens with zero attached hydrogens (tertiary/aromatic N) is 1. The molecule has 1 rings (SSSR count). The first-order valence-corrected chi connectivity index (χ1v) is 8.21. The molecule has 1 aromatic carbocycles. The maximum atomic E-state index is 12.8. The SMILES string of the molecule is Cc1cc(S(=O)(=O)N(C(C)C)C(C)C)c(C)cc1Cl. The zero-order valence-corrected chi connectivity index (χ0v) is 13.9.